The number of rotatable bonds is 14. The van der Waals surface area contributed by atoms with E-state index in [2.05, 4.69) is 12.2 Å². The molecule has 35 heavy (non-hydrogen) atoms. The van der Waals surface area contributed by atoms with Gasteiger partial charge in [0, 0.05) is 26.4 Å². The number of carboxylic acid groups (broad SMARTS) is 1. The van der Waals surface area contributed by atoms with Crippen LogP contribution >= 0.6 is 0 Å². The Balaban J connectivity index is 1.57. The standard InChI is InChI=1S/C28H38N2O5/c1-4-5-6-10-17-28(21-29-26(33)30(28)3)18-19-34-23-15-13-22(14-16-23)20-27(2,25(31)32)35-24-11-8-7-9-12-24/h7-9,11-16H,4-6,10,17-21H2,1-3H3,(H,29,33)(H,31,32). The largest absolute Gasteiger partial charge is 0.494 e. The van der Waals surface area contributed by atoms with Crippen LogP contribution in [0.1, 0.15) is 57.9 Å². The molecule has 0 spiro atoms. The van der Waals surface area contributed by atoms with E-state index in [4.69, 9.17) is 9.47 Å². The number of ether oxygens (including phenoxy) is 2. The molecule has 0 aromatic heterocycles. The number of aliphatic carboxylic acids is 1. The predicted molar refractivity (Wildman–Crippen MR) is 136 cm³/mol. The lowest BCUT2D eigenvalue weighted by Crippen LogP contribution is -2.46. The van der Waals surface area contributed by atoms with E-state index in [1.807, 2.05) is 54.4 Å². The van der Waals surface area contributed by atoms with Crippen molar-refractivity contribution >= 4 is 12.0 Å². The fourth-order valence-corrected chi connectivity index (χ4v) is 4.57. The third-order valence-corrected chi connectivity index (χ3v) is 6.92. The van der Waals surface area contributed by atoms with Crippen LogP contribution in [0.25, 0.3) is 0 Å². The second-order valence-corrected chi connectivity index (χ2v) is 9.62. The number of benzene rings is 2. The van der Waals surface area contributed by atoms with Crippen LogP contribution in [0.5, 0.6) is 11.5 Å². The van der Waals surface area contributed by atoms with E-state index in [0.717, 1.165) is 30.6 Å². The van der Waals surface area contributed by atoms with Gasteiger partial charge in [0.1, 0.15) is 11.5 Å². The van der Waals surface area contributed by atoms with Crippen molar-refractivity contribution in [3.8, 4) is 11.5 Å². The first-order chi connectivity index (χ1) is 16.8. The molecule has 0 saturated carbocycles. The van der Waals surface area contributed by atoms with E-state index in [0.29, 0.717) is 18.9 Å². The minimum atomic E-state index is -1.39. The molecule has 2 atom stereocenters. The molecule has 2 N–H and O–H groups in total. The van der Waals surface area contributed by atoms with Crippen LogP contribution in [0.3, 0.4) is 0 Å². The lowest BCUT2D eigenvalue weighted by molar-refractivity contribution is -0.153. The molecule has 7 nitrogen and oxygen atoms in total. The average molecular weight is 483 g/mol. The zero-order chi connectivity index (χ0) is 25.3. The number of urea groups is 1. The topological polar surface area (TPSA) is 88.1 Å². The van der Waals surface area contributed by atoms with Crippen molar-refractivity contribution in [2.75, 3.05) is 20.2 Å². The maximum Gasteiger partial charge on any atom is 0.348 e. The summed E-state index contributed by atoms with van der Waals surface area (Å²) in [5.41, 5.74) is -0.764. The Bertz CT molecular complexity index is 965. The Labute approximate surface area is 208 Å². The Hall–Kier alpha value is -3.22. The molecule has 2 amide bonds. The van der Waals surface area contributed by atoms with E-state index in [9.17, 15) is 14.7 Å². The summed E-state index contributed by atoms with van der Waals surface area (Å²) in [5, 5.41) is 12.8. The first-order valence-corrected chi connectivity index (χ1v) is 12.5. The Morgan fingerprint density at radius 2 is 1.77 bits per heavy atom. The number of carboxylic acids is 1. The third-order valence-electron chi connectivity index (χ3n) is 6.92. The Kier molecular flexibility index (Phi) is 9.01. The number of hydrogen-bond acceptors (Lipinski definition) is 4. The maximum absolute atomic E-state index is 12.1. The van der Waals surface area contributed by atoms with Crippen molar-refractivity contribution in [1.29, 1.82) is 0 Å². The smallest absolute Gasteiger partial charge is 0.348 e. The van der Waals surface area contributed by atoms with Crippen molar-refractivity contribution in [1.82, 2.24) is 10.2 Å². The number of para-hydroxylation sites is 1. The zero-order valence-electron chi connectivity index (χ0n) is 21.1. The summed E-state index contributed by atoms with van der Waals surface area (Å²) >= 11 is 0. The van der Waals surface area contributed by atoms with Crippen LogP contribution in [0, 0.1) is 0 Å². The fraction of sp³-hybridized carbons (Fsp3) is 0.500. The lowest BCUT2D eigenvalue weighted by atomic mass is 9.88. The SMILES string of the molecule is CCCCCCC1(CCOc2ccc(CC(C)(Oc3ccccc3)C(=O)O)cc2)CNC(=O)N1C. The molecule has 2 aromatic carbocycles. The summed E-state index contributed by atoms with van der Waals surface area (Å²) in [6.07, 6.45) is 6.58. The van der Waals surface area contributed by atoms with Gasteiger partial charge in [-0.15, -0.1) is 0 Å². The number of likely N-dealkylation sites (N-methyl/N-ethyl adjacent to an activating group) is 1. The molecule has 0 radical (unpaired) electrons. The molecule has 0 bridgehead atoms. The highest BCUT2D eigenvalue weighted by Crippen LogP contribution is 2.30. The number of carbonyl (C=O) groups excluding carboxylic acids is 1. The quantitative estimate of drug-likeness (QED) is 0.358. The molecule has 1 saturated heterocycles. The molecule has 0 aliphatic carbocycles. The summed E-state index contributed by atoms with van der Waals surface area (Å²) in [5.74, 6) is 0.219. The van der Waals surface area contributed by atoms with Crippen molar-refractivity contribution in [2.45, 2.75) is 69.9 Å². The number of unbranched alkanes of at least 4 members (excludes halogenated alkanes) is 3. The molecule has 1 fully saturated rings. The summed E-state index contributed by atoms with van der Waals surface area (Å²) in [6.45, 7) is 4.92. The molecule has 1 aliphatic rings. The van der Waals surface area contributed by atoms with Crippen molar-refractivity contribution in [3.63, 3.8) is 0 Å². The second-order valence-electron chi connectivity index (χ2n) is 9.62. The minimum absolute atomic E-state index is 0.0240. The molecule has 190 valence electrons. The van der Waals surface area contributed by atoms with E-state index < -0.39 is 11.6 Å². The number of hydrogen-bond donors (Lipinski definition) is 2. The normalized spacial score (nSPS) is 19.2. The van der Waals surface area contributed by atoms with Gasteiger partial charge in [0.05, 0.1) is 12.1 Å². The molecule has 1 aliphatic heterocycles. The van der Waals surface area contributed by atoms with Gasteiger partial charge < -0.3 is 24.8 Å². The van der Waals surface area contributed by atoms with Crippen molar-refractivity contribution in [3.05, 3.63) is 60.2 Å². The van der Waals surface area contributed by atoms with Crippen LogP contribution in [0.4, 0.5) is 4.79 Å². The first kappa shape index (κ1) is 26.4. The van der Waals surface area contributed by atoms with E-state index in [-0.39, 0.29) is 18.0 Å². The average Bonchev–Trinajstić information content (AvgIpc) is 3.12. The van der Waals surface area contributed by atoms with Crippen molar-refractivity contribution < 1.29 is 24.2 Å². The first-order valence-electron chi connectivity index (χ1n) is 12.5. The van der Waals surface area contributed by atoms with Gasteiger partial charge >= 0.3 is 12.0 Å². The van der Waals surface area contributed by atoms with Crippen LogP contribution in [0.2, 0.25) is 0 Å². The number of amides is 2. The van der Waals surface area contributed by atoms with Gasteiger partial charge in [-0.3, -0.25) is 0 Å². The Morgan fingerprint density at radius 3 is 2.37 bits per heavy atom. The zero-order valence-corrected chi connectivity index (χ0v) is 21.1. The van der Waals surface area contributed by atoms with Gasteiger partial charge in [-0.05, 0) is 43.2 Å². The number of nitrogens with one attached hydrogen (secondary N) is 1. The second kappa shape index (κ2) is 12.0. The highest BCUT2D eigenvalue weighted by molar-refractivity contribution is 5.78. The van der Waals surface area contributed by atoms with Crippen molar-refractivity contribution in [2.24, 2.45) is 0 Å². The summed E-state index contributed by atoms with van der Waals surface area (Å²) < 4.78 is 11.8. The maximum atomic E-state index is 12.1. The minimum Gasteiger partial charge on any atom is -0.494 e. The summed E-state index contributed by atoms with van der Waals surface area (Å²) in [7, 11) is 1.87. The van der Waals surface area contributed by atoms with E-state index in [1.165, 1.54) is 19.3 Å². The van der Waals surface area contributed by atoms with E-state index >= 15 is 0 Å². The predicted octanol–water partition coefficient (Wildman–Crippen LogP) is 5.28. The molecular formula is C28H38N2O5. The Morgan fingerprint density at radius 1 is 1.06 bits per heavy atom. The van der Waals surface area contributed by atoms with Crippen LogP contribution < -0.4 is 14.8 Å². The van der Waals surface area contributed by atoms with Crippen LogP contribution in [-0.4, -0.2) is 53.3 Å². The van der Waals surface area contributed by atoms with Crippen LogP contribution in [-0.2, 0) is 11.2 Å². The number of nitrogens with zero attached hydrogens (tertiary/aromatic N) is 1. The monoisotopic (exact) mass is 482 g/mol. The van der Waals surface area contributed by atoms with Gasteiger partial charge in [-0.25, -0.2) is 9.59 Å². The number of carbonyl (C=O) groups is 2. The highest BCUT2D eigenvalue weighted by Gasteiger charge is 2.42. The van der Waals surface area contributed by atoms with Gasteiger partial charge in [0.25, 0.3) is 0 Å². The van der Waals surface area contributed by atoms with Gasteiger partial charge in [-0.2, -0.15) is 0 Å². The molecule has 3 rings (SSSR count). The van der Waals surface area contributed by atoms with Gasteiger partial charge in [0.2, 0.25) is 5.60 Å². The van der Waals surface area contributed by atoms with E-state index in [1.54, 1.807) is 19.1 Å². The molecule has 2 unspecified atom stereocenters. The summed E-state index contributed by atoms with van der Waals surface area (Å²) in [4.78, 5) is 26.0. The fourth-order valence-electron chi connectivity index (χ4n) is 4.57. The lowest BCUT2D eigenvalue weighted by Gasteiger charge is -2.35. The molecular weight excluding hydrogens is 444 g/mol. The summed E-state index contributed by atoms with van der Waals surface area (Å²) in [6, 6.07) is 16.4. The molecule has 7 heteroatoms. The molecule has 2 aromatic rings. The van der Waals surface area contributed by atoms with Gasteiger partial charge in [-0.1, -0.05) is 62.9 Å². The molecule has 1 heterocycles. The van der Waals surface area contributed by atoms with Crippen LogP contribution in [0.15, 0.2) is 54.6 Å². The third kappa shape index (κ3) is 6.90. The van der Waals surface area contributed by atoms with Gasteiger partial charge in [0.15, 0.2) is 0 Å². The highest BCUT2D eigenvalue weighted by atomic mass is 16.5.